The van der Waals surface area contributed by atoms with Crippen LogP contribution in [0.2, 0.25) is 0 Å². The van der Waals surface area contributed by atoms with Crippen molar-refractivity contribution in [3.63, 3.8) is 0 Å². The molecule has 0 bridgehead atoms. The van der Waals surface area contributed by atoms with E-state index in [1.807, 2.05) is 11.0 Å². The number of pyridine rings is 1. The number of amides is 1. The molecule has 1 heterocycles. The lowest BCUT2D eigenvalue weighted by Gasteiger charge is -2.21. The predicted octanol–water partition coefficient (Wildman–Crippen LogP) is 5.01. The minimum atomic E-state index is 0.0530. The molecule has 1 N–H and O–H groups in total. The number of benzene rings is 1. The largest absolute Gasteiger partial charge is 0.354 e. The number of anilines is 2. The van der Waals surface area contributed by atoms with Crippen molar-refractivity contribution in [2.45, 2.75) is 47.5 Å². The molecule has 0 saturated heterocycles. The van der Waals surface area contributed by atoms with Gasteiger partial charge < -0.3 is 10.2 Å². The average Bonchev–Trinajstić information content (AvgIpc) is 2.57. The van der Waals surface area contributed by atoms with Crippen molar-refractivity contribution in [3.8, 4) is 0 Å². The number of carbonyl (C=O) groups excluding carboxylic acids is 1. The zero-order valence-corrected chi connectivity index (χ0v) is 16.0. The molecule has 134 valence electrons. The number of aryl methyl sites for hydroxylation is 3. The van der Waals surface area contributed by atoms with Crippen molar-refractivity contribution in [3.05, 3.63) is 52.8 Å². The summed E-state index contributed by atoms with van der Waals surface area (Å²) in [6.45, 7) is 12.0. The maximum Gasteiger partial charge on any atom is 0.255 e. The van der Waals surface area contributed by atoms with Gasteiger partial charge in [0.15, 0.2) is 0 Å². The molecule has 0 atom stereocenters. The lowest BCUT2D eigenvalue weighted by atomic mass is 10.0. The van der Waals surface area contributed by atoms with Gasteiger partial charge in [0.05, 0.1) is 17.4 Å². The predicted molar refractivity (Wildman–Crippen MR) is 105 cm³/mol. The summed E-state index contributed by atoms with van der Waals surface area (Å²) in [6, 6.07) is 6.20. The highest BCUT2D eigenvalue weighted by molar-refractivity contribution is 5.95. The maximum absolute atomic E-state index is 12.8. The highest BCUT2D eigenvalue weighted by atomic mass is 16.2. The first-order chi connectivity index (χ1) is 12.0. The Morgan fingerprint density at radius 2 is 1.60 bits per heavy atom. The summed E-state index contributed by atoms with van der Waals surface area (Å²) in [4.78, 5) is 18.9. The van der Waals surface area contributed by atoms with E-state index in [4.69, 9.17) is 0 Å². The average molecular weight is 339 g/mol. The molecule has 2 aromatic rings. The Kier molecular flexibility index (Phi) is 6.57. The van der Waals surface area contributed by atoms with Gasteiger partial charge in [-0.2, -0.15) is 0 Å². The third kappa shape index (κ3) is 4.81. The van der Waals surface area contributed by atoms with Gasteiger partial charge in [0, 0.05) is 25.0 Å². The number of hydrogen-bond donors (Lipinski definition) is 1. The van der Waals surface area contributed by atoms with Crippen LogP contribution in [0.15, 0.2) is 30.6 Å². The Balaban J connectivity index is 2.25. The van der Waals surface area contributed by atoms with Crippen LogP contribution in [0, 0.1) is 20.8 Å². The van der Waals surface area contributed by atoms with Crippen molar-refractivity contribution in [1.29, 1.82) is 0 Å². The summed E-state index contributed by atoms with van der Waals surface area (Å²) in [5.41, 5.74) is 6.18. The van der Waals surface area contributed by atoms with E-state index in [0.717, 1.165) is 37.3 Å². The lowest BCUT2D eigenvalue weighted by molar-refractivity contribution is 0.0755. The molecule has 0 radical (unpaired) electrons. The van der Waals surface area contributed by atoms with Gasteiger partial charge in [-0.05, 0) is 50.8 Å². The molecule has 0 aliphatic carbocycles. The van der Waals surface area contributed by atoms with E-state index in [-0.39, 0.29) is 5.91 Å². The van der Waals surface area contributed by atoms with Crippen LogP contribution in [0.5, 0.6) is 0 Å². The smallest absolute Gasteiger partial charge is 0.255 e. The van der Waals surface area contributed by atoms with Crippen LogP contribution in [-0.2, 0) is 0 Å². The van der Waals surface area contributed by atoms with E-state index in [0.29, 0.717) is 5.56 Å². The van der Waals surface area contributed by atoms with Gasteiger partial charge in [0.25, 0.3) is 5.91 Å². The number of nitrogens with one attached hydrogen (secondary N) is 1. The SMILES string of the molecule is CCCN(CCC)C(=O)c1cncc(Nc2c(C)cc(C)cc2C)c1. The van der Waals surface area contributed by atoms with Gasteiger partial charge >= 0.3 is 0 Å². The molecule has 4 nitrogen and oxygen atoms in total. The fourth-order valence-electron chi connectivity index (χ4n) is 3.18. The maximum atomic E-state index is 12.8. The van der Waals surface area contributed by atoms with Gasteiger partial charge in [-0.25, -0.2) is 0 Å². The molecule has 1 aromatic heterocycles. The molecule has 1 aromatic carbocycles. The Morgan fingerprint density at radius 1 is 1.00 bits per heavy atom. The summed E-state index contributed by atoms with van der Waals surface area (Å²) < 4.78 is 0. The van der Waals surface area contributed by atoms with E-state index in [1.165, 1.54) is 16.7 Å². The van der Waals surface area contributed by atoms with Crippen LogP contribution in [0.3, 0.4) is 0 Å². The number of aromatic nitrogens is 1. The topological polar surface area (TPSA) is 45.2 Å². The fraction of sp³-hybridized carbons (Fsp3) is 0.429. The van der Waals surface area contributed by atoms with Crippen LogP contribution >= 0.6 is 0 Å². The van der Waals surface area contributed by atoms with Gasteiger partial charge in [-0.15, -0.1) is 0 Å². The molecular weight excluding hydrogens is 310 g/mol. The number of rotatable bonds is 7. The van der Waals surface area contributed by atoms with Crippen molar-refractivity contribution < 1.29 is 4.79 Å². The van der Waals surface area contributed by atoms with E-state index in [9.17, 15) is 4.79 Å². The number of carbonyl (C=O) groups is 1. The quantitative estimate of drug-likeness (QED) is 0.771. The van der Waals surface area contributed by atoms with Gasteiger partial charge in [-0.3, -0.25) is 9.78 Å². The lowest BCUT2D eigenvalue weighted by Crippen LogP contribution is -2.32. The Bertz CT molecular complexity index is 711. The van der Waals surface area contributed by atoms with Crippen molar-refractivity contribution >= 4 is 17.3 Å². The Labute approximate surface area is 151 Å². The first kappa shape index (κ1) is 19.0. The molecular formula is C21H29N3O. The molecule has 1 amide bonds. The molecule has 2 rings (SSSR count). The van der Waals surface area contributed by atoms with Crippen LogP contribution in [0.25, 0.3) is 0 Å². The van der Waals surface area contributed by atoms with Crippen LogP contribution < -0.4 is 5.32 Å². The standard InChI is InChI=1S/C21H29N3O/c1-6-8-24(9-7-2)21(25)18-12-19(14-22-13-18)23-20-16(4)10-15(3)11-17(20)5/h10-14,23H,6-9H2,1-5H3. The summed E-state index contributed by atoms with van der Waals surface area (Å²) in [6.07, 6.45) is 5.33. The highest BCUT2D eigenvalue weighted by Gasteiger charge is 2.15. The second kappa shape index (κ2) is 8.65. The molecule has 0 fully saturated rings. The van der Waals surface area contributed by atoms with Crippen LogP contribution in [-0.4, -0.2) is 28.9 Å². The summed E-state index contributed by atoms with van der Waals surface area (Å²) in [7, 11) is 0. The number of hydrogen-bond acceptors (Lipinski definition) is 3. The third-order valence-electron chi connectivity index (χ3n) is 4.21. The van der Waals surface area contributed by atoms with Crippen molar-refractivity contribution in [1.82, 2.24) is 9.88 Å². The molecule has 4 heteroatoms. The van der Waals surface area contributed by atoms with Gasteiger partial charge in [-0.1, -0.05) is 31.5 Å². The van der Waals surface area contributed by atoms with Crippen LogP contribution in [0.1, 0.15) is 53.7 Å². The van der Waals surface area contributed by atoms with E-state index < -0.39 is 0 Å². The summed E-state index contributed by atoms with van der Waals surface area (Å²) in [5, 5.41) is 3.43. The van der Waals surface area contributed by atoms with E-state index in [1.54, 1.807) is 12.4 Å². The molecule has 0 saturated carbocycles. The summed E-state index contributed by atoms with van der Waals surface area (Å²) >= 11 is 0. The van der Waals surface area contributed by atoms with Gasteiger partial charge in [0.1, 0.15) is 0 Å². The Morgan fingerprint density at radius 3 is 2.16 bits per heavy atom. The molecule has 0 aliphatic rings. The minimum Gasteiger partial charge on any atom is -0.354 e. The van der Waals surface area contributed by atoms with E-state index >= 15 is 0 Å². The second-order valence-electron chi connectivity index (χ2n) is 6.65. The first-order valence-electron chi connectivity index (χ1n) is 9.05. The van der Waals surface area contributed by atoms with Crippen molar-refractivity contribution in [2.24, 2.45) is 0 Å². The van der Waals surface area contributed by atoms with Gasteiger partial charge in [0.2, 0.25) is 0 Å². The molecule has 0 unspecified atom stereocenters. The molecule has 0 aliphatic heterocycles. The zero-order valence-electron chi connectivity index (χ0n) is 16.0. The monoisotopic (exact) mass is 339 g/mol. The minimum absolute atomic E-state index is 0.0530. The highest BCUT2D eigenvalue weighted by Crippen LogP contribution is 2.26. The normalized spacial score (nSPS) is 10.6. The zero-order chi connectivity index (χ0) is 18.4. The first-order valence-corrected chi connectivity index (χ1v) is 9.05. The third-order valence-corrected chi connectivity index (χ3v) is 4.21. The molecule has 25 heavy (non-hydrogen) atoms. The summed E-state index contributed by atoms with van der Waals surface area (Å²) in [5.74, 6) is 0.0530. The second-order valence-corrected chi connectivity index (χ2v) is 6.65. The van der Waals surface area contributed by atoms with Crippen molar-refractivity contribution in [2.75, 3.05) is 18.4 Å². The number of nitrogens with zero attached hydrogens (tertiary/aromatic N) is 2. The fourth-order valence-corrected chi connectivity index (χ4v) is 3.18. The Hall–Kier alpha value is -2.36. The van der Waals surface area contributed by atoms with E-state index in [2.05, 4.69) is 57.1 Å². The van der Waals surface area contributed by atoms with Crippen LogP contribution in [0.4, 0.5) is 11.4 Å². The molecule has 0 spiro atoms.